The molecule has 7 aromatic carbocycles. The normalized spacial score (nSPS) is 12.8. The second kappa shape index (κ2) is 7.87. The third-order valence-corrected chi connectivity index (χ3v) is 10.1. The third-order valence-electron chi connectivity index (χ3n) is 10.1. The summed E-state index contributed by atoms with van der Waals surface area (Å²) in [7, 11) is 0. The Morgan fingerprint density at radius 1 is 0.304 bits per heavy atom. The minimum atomic E-state index is 0.892. The number of hydrogen-bond donors (Lipinski definition) is 0. The zero-order valence-corrected chi connectivity index (χ0v) is 24.3. The molecule has 0 fully saturated rings. The molecule has 0 aliphatic rings. The highest BCUT2D eigenvalue weighted by atomic mass is 16.3. The van der Waals surface area contributed by atoms with Gasteiger partial charge in [-0.05, 0) is 65.7 Å². The molecule has 0 N–H and O–H groups in total. The molecule has 46 heavy (non-hydrogen) atoms. The smallest absolute Gasteiger partial charge is 0.160 e. The maximum atomic E-state index is 6.67. The van der Waals surface area contributed by atoms with Crippen LogP contribution in [0.25, 0.3) is 115 Å². The lowest BCUT2D eigenvalue weighted by Crippen LogP contribution is -1.82. The van der Waals surface area contributed by atoms with Crippen LogP contribution in [0, 0.1) is 0 Å². The summed E-state index contributed by atoms with van der Waals surface area (Å²) in [6.07, 6.45) is 0. The van der Waals surface area contributed by atoms with Crippen LogP contribution in [0.15, 0.2) is 141 Å². The molecule has 5 aromatic heterocycles. The van der Waals surface area contributed by atoms with Gasteiger partial charge in [-0.15, -0.1) is 0 Å². The Morgan fingerprint density at radius 2 is 0.761 bits per heavy atom. The van der Waals surface area contributed by atoms with Gasteiger partial charge in [0.1, 0.15) is 22.3 Å². The van der Waals surface area contributed by atoms with E-state index in [1.807, 2.05) is 24.3 Å². The fourth-order valence-corrected chi connectivity index (χ4v) is 8.12. The van der Waals surface area contributed by atoms with Crippen LogP contribution in [0.4, 0.5) is 0 Å². The predicted octanol–water partition coefficient (Wildman–Crippen LogP) is 12.2. The molecule has 4 heteroatoms. The molecule has 0 atom stereocenters. The largest absolute Gasteiger partial charge is 0.456 e. The van der Waals surface area contributed by atoms with Crippen molar-refractivity contribution < 1.29 is 13.3 Å². The summed E-state index contributed by atoms with van der Waals surface area (Å²) in [5.41, 5.74) is 11.0. The van der Waals surface area contributed by atoms with Gasteiger partial charge in [-0.2, -0.15) is 0 Å². The van der Waals surface area contributed by atoms with Crippen LogP contribution >= 0.6 is 0 Å². The molecule has 0 saturated carbocycles. The molecule has 0 unspecified atom stereocenters. The molecule has 0 amide bonds. The van der Waals surface area contributed by atoms with E-state index in [4.69, 9.17) is 13.3 Å². The van der Waals surface area contributed by atoms with Crippen LogP contribution in [0.1, 0.15) is 0 Å². The van der Waals surface area contributed by atoms with Gasteiger partial charge < -0.3 is 17.7 Å². The number of furan rings is 3. The molecule has 5 heterocycles. The summed E-state index contributed by atoms with van der Waals surface area (Å²) in [6.45, 7) is 0. The van der Waals surface area contributed by atoms with Crippen LogP contribution in [0.5, 0.6) is 0 Å². The number of nitrogens with zero attached hydrogens (tertiary/aromatic N) is 1. The first-order valence-corrected chi connectivity index (χ1v) is 15.6. The number of rotatable bonds is 1. The van der Waals surface area contributed by atoms with Crippen molar-refractivity contribution in [3.05, 3.63) is 127 Å². The lowest BCUT2D eigenvalue weighted by Gasteiger charge is -2.05. The highest BCUT2D eigenvalue weighted by Crippen LogP contribution is 2.47. The van der Waals surface area contributed by atoms with Crippen LogP contribution in [-0.2, 0) is 0 Å². The molecule has 0 bridgehead atoms. The molecule has 0 saturated heterocycles. The molecule has 0 aliphatic heterocycles. The van der Waals surface area contributed by atoms with Crippen molar-refractivity contribution in [2.24, 2.45) is 0 Å². The van der Waals surface area contributed by atoms with Crippen molar-refractivity contribution in [3.63, 3.8) is 0 Å². The van der Waals surface area contributed by atoms with E-state index < -0.39 is 0 Å². The Hall–Kier alpha value is -6.26. The first-order chi connectivity index (χ1) is 22.8. The Bertz CT molecular complexity index is 3100. The van der Waals surface area contributed by atoms with Gasteiger partial charge in [-0.3, -0.25) is 0 Å². The summed E-state index contributed by atoms with van der Waals surface area (Å²) >= 11 is 0. The van der Waals surface area contributed by atoms with Crippen molar-refractivity contribution in [2.75, 3.05) is 0 Å². The van der Waals surface area contributed by atoms with E-state index in [-0.39, 0.29) is 0 Å². The molecule has 12 rings (SSSR count). The van der Waals surface area contributed by atoms with E-state index in [1.165, 1.54) is 16.3 Å². The lowest BCUT2D eigenvalue weighted by atomic mass is 9.98. The number of hydrogen-bond acceptors (Lipinski definition) is 3. The van der Waals surface area contributed by atoms with Crippen molar-refractivity contribution >= 4 is 104 Å². The molecular formula is C42H21NO3. The molecule has 0 radical (unpaired) electrons. The third kappa shape index (κ3) is 2.69. The molecule has 0 spiro atoms. The van der Waals surface area contributed by atoms with Gasteiger partial charge in [-0.1, -0.05) is 72.8 Å². The van der Waals surface area contributed by atoms with E-state index in [9.17, 15) is 0 Å². The van der Waals surface area contributed by atoms with Crippen molar-refractivity contribution in [1.82, 2.24) is 4.40 Å². The second-order valence-corrected chi connectivity index (χ2v) is 12.4. The van der Waals surface area contributed by atoms with Crippen LogP contribution in [-0.4, -0.2) is 4.40 Å². The standard InChI is InChI=1S/C42H21NO3/c1-4-10-34-24(7-1)27-14-13-22(21-37(27)44-34)23-19-32-28-15-17-30-25-8-2-5-11-35(25)45-41(30)39(28)43-38(32)33(20-23)29-16-18-31-26-9-3-6-12-36(26)46-42(31)40(29)43/h1-21H. The van der Waals surface area contributed by atoms with E-state index in [2.05, 4.69) is 108 Å². The molecular weight excluding hydrogens is 566 g/mol. The van der Waals surface area contributed by atoms with E-state index in [0.29, 0.717) is 0 Å². The zero-order chi connectivity index (χ0) is 29.7. The van der Waals surface area contributed by atoms with Gasteiger partial charge in [0.05, 0.1) is 16.6 Å². The summed E-state index contributed by atoms with van der Waals surface area (Å²) < 4.78 is 22.1. The van der Waals surface area contributed by atoms with Gasteiger partial charge in [0.15, 0.2) is 11.2 Å². The van der Waals surface area contributed by atoms with E-state index >= 15 is 0 Å². The highest BCUT2D eigenvalue weighted by molar-refractivity contribution is 6.32. The Balaban J connectivity index is 1.28. The predicted molar refractivity (Wildman–Crippen MR) is 188 cm³/mol. The number of benzene rings is 7. The maximum Gasteiger partial charge on any atom is 0.160 e. The second-order valence-electron chi connectivity index (χ2n) is 12.4. The highest BCUT2D eigenvalue weighted by Gasteiger charge is 2.25. The number of para-hydroxylation sites is 3. The first-order valence-electron chi connectivity index (χ1n) is 15.6. The van der Waals surface area contributed by atoms with Crippen molar-refractivity contribution in [1.29, 1.82) is 0 Å². The van der Waals surface area contributed by atoms with Gasteiger partial charge in [0, 0.05) is 53.9 Å². The van der Waals surface area contributed by atoms with Gasteiger partial charge in [0.25, 0.3) is 0 Å². The van der Waals surface area contributed by atoms with Crippen LogP contribution < -0.4 is 0 Å². The summed E-state index contributed by atoms with van der Waals surface area (Å²) in [5, 5.41) is 11.4. The first kappa shape index (κ1) is 23.2. The fourth-order valence-electron chi connectivity index (χ4n) is 8.12. The van der Waals surface area contributed by atoms with Crippen molar-refractivity contribution in [2.45, 2.75) is 0 Å². The molecule has 0 aliphatic carbocycles. The molecule has 4 nitrogen and oxygen atoms in total. The fraction of sp³-hybridized carbons (Fsp3) is 0. The van der Waals surface area contributed by atoms with Gasteiger partial charge in [0.2, 0.25) is 0 Å². The number of aromatic nitrogens is 1. The Morgan fingerprint density at radius 3 is 1.35 bits per heavy atom. The zero-order valence-electron chi connectivity index (χ0n) is 24.3. The minimum absolute atomic E-state index is 0.892. The minimum Gasteiger partial charge on any atom is -0.456 e. The van der Waals surface area contributed by atoms with Crippen molar-refractivity contribution in [3.8, 4) is 11.1 Å². The SMILES string of the molecule is c1ccc2c(c1)oc1cc(-c3cc4c5ccc6c7ccccc7oc6c5n5c4c(c3)c3ccc4c6ccccc6oc4c35)ccc12. The Labute approximate surface area is 259 Å². The summed E-state index contributed by atoms with van der Waals surface area (Å²) in [6, 6.07) is 45.0. The number of fused-ring (bicyclic) bond motifs is 17. The lowest BCUT2D eigenvalue weighted by molar-refractivity contribution is 0.669. The Kier molecular flexibility index (Phi) is 3.96. The van der Waals surface area contributed by atoms with Crippen LogP contribution in [0.2, 0.25) is 0 Å². The maximum absolute atomic E-state index is 6.67. The van der Waals surface area contributed by atoms with Crippen LogP contribution in [0.3, 0.4) is 0 Å². The van der Waals surface area contributed by atoms with Gasteiger partial charge >= 0.3 is 0 Å². The molecule has 212 valence electrons. The summed E-state index contributed by atoms with van der Waals surface area (Å²) in [4.78, 5) is 0. The monoisotopic (exact) mass is 587 g/mol. The average molecular weight is 588 g/mol. The van der Waals surface area contributed by atoms with Gasteiger partial charge in [-0.25, -0.2) is 0 Å². The van der Waals surface area contributed by atoms with E-state index in [1.54, 1.807) is 0 Å². The summed E-state index contributed by atoms with van der Waals surface area (Å²) in [5.74, 6) is 0. The quantitative estimate of drug-likeness (QED) is 0.192. The topological polar surface area (TPSA) is 43.8 Å². The van der Waals surface area contributed by atoms with E-state index in [0.717, 1.165) is 98.7 Å². The molecule has 12 aromatic rings. The average Bonchev–Trinajstić information content (AvgIpc) is 3.90.